The summed E-state index contributed by atoms with van der Waals surface area (Å²) >= 11 is 7.47. The number of nitrogens with one attached hydrogen (secondary N) is 1. The van der Waals surface area contributed by atoms with E-state index in [9.17, 15) is 4.79 Å². The summed E-state index contributed by atoms with van der Waals surface area (Å²) in [5, 5.41) is 2.60. The first-order valence-electron chi connectivity index (χ1n) is 4.09. The molecule has 13 heavy (non-hydrogen) atoms. The lowest BCUT2D eigenvalue weighted by molar-refractivity contribution is -0.120. The summed E-state index contributed by atoms with van der Waals surface area (Å²) in [6.45, 7) is 0.937. The summed E-state index contributed by atoms with van der Waals surface area (Å²) < 4.78 is 4.83. The van der Waals surface area contributed by atoms with Gasteiger partial charge in [0.15, 0.2) is 0 Å². The summed E-state index contributed by atoms with van der Waals surface area (Å²) in [5.41, 5.74) is 0. The predicted molar refractivity (Wildman–Crippen MR) is 57.5 cm³/mol. The SMILES string of the molecule is COCC(Cl)CNC(=O)CCSC. The number of carbonyl (C=O) groups excluding carboxylic acids is 1. The molecule has 0 spiro atoms. The number of methoxy groups -OCH3 is 1. The molecule has 5 heteroatoms. The average Bonchev–Trinajstić information content (AvgIpc) is 2.12. The van der Waals surface area contributed by atoms with Crippen LogP contribution in [0.2, 0.25) is 0 Å². The second kappa shape index (κ2) is 8.66. The Morgan fingerprint density at radius 2 is 2.38 bits per heavy atom. The van der Waals surface area contributed by atoms with E-state index < -0.39 is 0 Å². The third-order valence-electron chi connectivity index (χ3n) is 1.40. The fraction of sp³-hybridized carbons (Fsp3) is 0.875. The Bertz CT molecular complexity index is 146. The van der Waals surface area contributed by atoms with Crippen LogP contribution in [-0.4, -0.2) is 43.6 Å². The highest BCUT2D eigenvalue weighted by Gasteiger charge is 2.05. The molecule has 0 aliphatic carbocycles. The van der Waals surface area contributed by atoms with Crippen molar-refractivity contribution in [2.45, 2.75) is 11.8 Å². The minimum Gasteiger partial charge on any atom is -0.383 e. The van der Waals surface area contributed by atoms with Gasteiger partial charge < -0.3 is 10.1 Å². The zero-order chi connectivity index (χ0) is 10.1. The maximum Gasteiger partial charge on any atom is 0.220 e. The van der Waals surface area contributed by atoms with Crippen molar-refractivity contribution in [2.24, 2.45) is 0 Å². The van der Waals surface area contributed by atoms with Crippen LogP contribution in [0.5, 0.6) is 0 Å². The van der Waals surface area contributed by atoms with Gasteiger partial charge in [0.2, 0.25) is 5.91 Å². The molecule has 0 saturated heterocycles. The van der Waals surface area contributed by atoms with E-state index in [1.165, 1.54) is 0 Å². The van der Waals surface area contributed by atoms with E-state index in [1.54, 1.807) is 18.9 Å². The molecular weight excluding hydrogens is 210 g/mol. The van der Waals surface area contributed by atoms with Crippen LogP contribution in [0.1, 0.15) is 6.42 Å². The topological polar surface area (TPSA) is 38.3 Å². The van der Waals surface area contributed by atoms with Crippen LogP contribution >= 0.6 is 23.4 Å². The molecule has 0 aromatic heterocycles. The summed E-state index contributed by atoms with van der Waals surface area (Å²) in [7, 11) is 1.59. The Labute approximate surface area is 88.5 Å². The van der Waals surface area contributed by atoms with Crippen LogP contribution < -0.4 is 5.32 Å². The van der Waals surface area contributed by atoms with Gasteiger partial charge in [-0.15, -0.1) is 11.6 Å². The molecule has 3 nitrogen and oxygen atoms in total. The van der Waals surface area contributed by atoms with E-state index in [2.05, 4.69) is 5.32 Å². The van der Waals surface area contributed by atoms with Gasteiger partial charge in [-0.2, -0.15) is 11.8 Å². The molecule has 0 saturated carbocycles. The average molecular weight is 226 g/mol. The Balaban J connectivity index is 3.34. The summed E-state index contributed by atoms with van der Waals surface area (Å²) in [4.78, 5) is 11.1. The van der Waals surface area contributed by atoms with Crippen LogP contribution in [0.4, 0.5) is 0 Å². The number of hydrogen-bond acceptors (Lipinski definition) is 3. The van der Waals surface area contributed by atoms with Gasteiger partial charge in [-0.05, 0) is 6.26 Å². The lowest BCUT2D eigenvalue weighted by Gasteiger charge is -2.09. The van der Waals surface area contributed by atoms with E-state index in [0.29, 0.717) is 19.6 Å². The van der Waals surface area contributed by atoms with Crippen molar-refractivity contribution in [3.63, 3.8) is 0 Å². The van der Waals surface area contributed by atoms with Crippen molar-refractivity contribution in [2.75, 3.05) is 32.3 Å². The third-order valence-corrected chi connectivity index (χ3v) is 2.29. The quantitative estimate of drug-likeness (QED) is 0.660. The van der Waals surface area contributed by atoms with Crippen molar-refractivity contribution in [3.05, 3.63) is 0 Å². The number of amides is 1. The summed E-state index contributed by atoms with van der Waals surface area (Å²) in [6.07, 6.45) is 2.53. The number of thioether (sulfide) groups is 1. The van der Waals surface area contributed by atoms with Gasteiger partial charge in [-0.25, -0.2) is 0 Å². The Morgan fingerprint density at radius 1 is 1.69 bits per heavy atom. The molecule has 0 rings (SSSR count). The van der Waals surface area contributed by atoms with Crippen LogP contribution in [0.25, 0.3) is 0 Å². The van der Waals surface area contributed by atoms with Crippen LogP contribution in [0.3, 0.4) is 0 Å². The smallest absolute Gasteiger partial charge is 0.220 e. The third kappa shape index (κ3) is 8.40. The molecule has 1 N–H and O–H groups in total. The molecule has 0 bridgehead atoms. The lowest BCUT2D eigenvalue weighted by atomic mass is 10.4. The van der Waals surface area contributed by atoms with E-state index in [0.717, 1.165) is 5.75 Å². The van der Waals surface area contributed by atoms with E-state index in [1.807, 2.05) is 6.26 Å². The summed E-state index contributed by atoms with van der Waals surface area (Å²) in [5.74, 6) is 0.902. The summed E-state index contributed by atoms with van der Waals surface area (Å²) in [6, 6.07) is 0. The number of halogens is 1. The normalized spacial score (nSPS) is 12.5. The number of ether oxygens (including phenoxy) is 1. The van der Waals surface area contributed by atoms with Crippen molar-refractivity contribution in [1.82, 2.24) is 5.32 Å². The van der Waals surface area contributed by atoms with Gasteiger partial charge in [-0.1, -0.05) is 0 Å². The minimum absolute atomic E-state index is 0.0519. The second-order valence-electron chi connectivity index (χ2n) is 2.60. The molecule has 1 amide bonds. The molecule has 1 unspecified atom stereocenters. The number of hydrogen-bond donors (Lipinski definition) is 1. The first kappa shape index (κ1) is 13.1. The van der Waals surface area contributed by atoms with E-state index in [-0.39, 0.29) is 11.3 Å². The highest BCUT2D eigenvalue weighted by atomic mass is 35.5. The minimum atomic E-state index is -0.136. The Hall–Kier alpha value is 0.0700. The molecule has 0 aromatic rings. The largest absolute Gasteiger partial charge is 0.383 e. The maximum absolute atomic E-state index is 11.1. The molecule has 0 heterocycles. The van der Waals surface area contributed by atoms with Gasteiger partial charge in [0, 0.05) is 25.8 Å². The highest BCUT2D eigenvalue weighted by molar-refractivity contribution is 7.98. The van der Waals surface area contributed by atoms with Gasteiger partial charge in [0.05, 0.1) is 12.0 Å². The molecule has 0 fully saturated rings. The first-order chi connectivity index (χ1) is 6.20. The number of alkyl halides is 1. The molecule has 1 atom stereocenters. The number of rotatable bonds is 7. The van der Waals surface area contributed by atoms with E-state index >= 15 is 0 Å². The van der Waals surface area contributed by atoms with Crippen LogP contribution in [-0.2, 0) is 9.53 Å². The molecule has 78 valence electrons. The second-order valence-corrected chi connectivity index (χ2v) is 4.20. The van der Waals surface area contributed by atoms with Crippen molar-refractivity contribution in [1.29, 1.82) is 0 Å². The standard InChI is InChI=1S/C8H16ClNO2S/c1-12-6-7(9)5-10-8(11)3-4-13-2/h7H,3-6H2,1-2H3,(H,10,11). The van der Waals surface area contributed by atoms with Crippen LogP contribution in [0.15, 0.2) is 0 Å². The fourth-order valence-corrected chi connectivity index (χ4v) is 1.34. The zero-order valence-corrected chi connectivity index (χ0v) is 9.58. The number of carbonyl (C=O) groups is 1. The Morgan fingerprint density at radius 3 is 2.92 bits per heavy atom. The van der Waals surface area contributed by atoms with E-state index in [4.69, 9.17) is 16.3 Å². The van der Waals surface area contributed by atoms with Gasteiger partial charge in [0.25, 0.3) is 0 Å². The fourth-order valence-electron chi connectivity index (χ4n) is 0.747. The Kier molecular flexibility index (Phi) is 8.71. The molecule has 0 aromatic carbocycles. The molecule has 0 radical (unpaired) electrons. The first-order valence-corrected chi connectivity index (χ1v) is 5.92. The molecule has 0 aliphatic rings. The van der Waals surface area contributed by atoms with Crippen LogP contribution in [0, 0.1) is 0 Å². The lowest BCUT2D eigenvalue weighted by Crippen LogP contribution is -2.31. The zero-order valence-electron chi connectivity index (χ0n) is 8.01. The van der Waals surface area contributed by atoms with Gasteiger partial charge in [0.1, 0.15) is 0 Å². The van der Waals surface area contributed by atoms with Gasteiger partial charge in [-0.3, -0.25) is 4.79 Å². The maximum atomic E-state index is 11.1. The van der Waals surface area contributed by atoms with Crippen molar-refractivity contribution >= 4 is 29.3 Å². The highest BCUT2D eigenvalue weighted by Crippen LogP contribution is 1.97. The predicted octanol–water partition coefficient (Wildman–Crippen LogP) is 1.11. The monoisotopic (exact) mass is 225 g/mol. The van der Waals surface area contributed by atoms with Crippen molar-refractivity contribution in [3.8, 4) is 0 Å². The molecule has 0 aliphatic heterocycles. The van der Waals surface area contributed by atoms with Gasteiger partial charge >= 0.3 is 0 Å². The molecular formula is C8H16ClNO2S. The van der Waals surface area contributed by atoms with Crippen molar-refractivity contribution < 1.29 is 9.53 Å².